The summed E-state index contributed by atoms with van der Waals surface area (Å²) in [4.78, 5) is 4.31. The van der Waals surface area contributed by atoms with Crippen molar-refractivity contribution in [2.75, 3.05) is 17.2 Å². The van der Waals surface area contributed by atoms with Crippen molar-refractivity contribution >= 4 is 11.5 Å². The molecule has 1 aliphatic carbocycles. The van der Waals surface area contributed by atoms with Gasteiger partial charge in [0.25, 0.3) is 0 Å². The largest absolute Gasteiger partial charge is 0.382 e. The van der Waals surface area contributed by atoms with Gasteiger partial charge in [-0.2, -0.15) is 0 Å². The summed E-state index contributed by atoms with van der Waals surface area (Å²) in [6, 6.07) is 4.80. The Morgan fingerprint density at radius 1 is 1.28 bits per heavy atom. The van der Waals surface area contributed by atoms with E-state index in [1.54, 1.807) is 0 Å². The van der Waals surface area contributed by atoms with E-state index in [2.05, 4.69) is 41.6 Å². The number of nitrogens with zero attached hydrogens (tertiary/aromatic N) is 1. The monoisotopic (exact) mass is 247 g/mol. The highest BCUT2D eigenvalue weighted by Gasteiger charge is 2.19. The van der Waals surface area contributed by atoms with Crippen molar-refractivity contribution in [2.24, 2.45) is 5.92 Å². The molecule has 1 fully saturated rings. The van der Waals surface area contributed by atoms with Gasteiger partial charge in [0.05, 0.1) is 0 Å². The van der Waals surface area contributed by atoms with Crippen LogP contribution in [-0.2, 0) is 0 Å². The van der Waals surface area contributed by atoms with Crippen LogP contribution in [0.1, 0.15) is 46.0 Å². The van der Waals surface area contributed by atoms with Crippen LogP contribution in [0.3, 0.4) is 0 Å². The summed E-state index contributed by atoms with van der Waals surface area (Å²) in [5, 5.41) is 6.95. The van der Waals surface area contributed by atoms with Gasteiger partial charge in [0.15, 0.2) is 0 Å². The second kappa shape index (κ2) is 6.62. The number of hydrogen-bond donors (Lipinski definition) is 2. The number of nitrogens with one attached hydrogen (secondary N) is 2. The molecule has 3 nitrogen and oxygen atoms in total. The lowest BCUT2D eigenvalue weighted by atomic mass is 9.97. The number of aromatic nitrogens is 1. The third-order valence-electron chi connectivity index (χ3n) is 3.83. The molecular formula is C15H25N3. The van der Waals surface area contributed by atoms with Crippen molar-refractivity contribution in [3.8, 4) is 0 Å². The smallest absolute Gasteiger partial charge is 0.127 e. The zero-order valence-electron chi connectivity index (χ0n) is 11.6. The molecule has 1 aliphatic rings. The van der Waals surface area contributed by atoms with Crippen molar-refractivity contribution in [1.29, 1.82) is 0 Å². The van der Waals surface area contributed by atoms with Crippen molar-refractivity contribution in [3.05, 3.63) is 18.3 Å². The number of anilines is 2. The second-order valence-corrected chi connectivity index (χ2v) is 5.33. The van der Waals surface area contributed by atoms with Gasteiger partial charge in [-0.15, -0.1) is 0 Å². The molecule has 3 heteroatoms. The molecular weight excluding hydrogens is 222 g/mol. The Morgan fingerprint density at radius 2 is 2.11 bits per heavy atom. The van der Waals surface area contributed by atoms with E-state index in [0.29, 0.717) is 6.04 Å². The molecule has 2 rings (SSSR count). The first kappa shape index (κ1) is 13.2. The molecule has 0 aliphatic heterocycles. The lowest BCUT2D eigenvalue weighted by Crippen LogP contribution is -2.26. The van der Waals surface area contributed by atoms with Crippen LogP contribution in [-0.4, -0.2) is 17.6 Å². The number of rotatable bonds is 4. The van der Waals surface area contributed by atoms with Crippen molar-refractivity contribution in [3.63, 3.8) is 0 Å². The first-order chi connectivity index (χ1) is 8.79. The summed E-state index contributed by atoms with van der Waals surface area (Å²) >= 11 is 0. The summed E-state index contributed by atoms with van der Waals surface area (Å²) in [6.07, 6.45) is 8.65. The Balaban J connectivity index is 2.00. The van der Waals surface area contributed by atoms with Crippen molar-refractivity contribution in [1.82, 2.24) is 4.98 Å². The highest BCUT2D eigenvalue weighted by atomic mass is 15.0. The predicted octanol–water partition coefficient (Wildman–Crippen LogP) is 3.89. The molecule has 1 aromatic heterocycles. The Kier molecular flexibility index (Phi) is 4.85. The molecule has 0 aromatic carbocycles. The maximum Gasteiger partial charge on any atom is 0.127 e. The lowest BCUT2D eigenvalue weighted by Gasteiger charge is -2.24. The van der Waals surface area contributed by atoms with Crippen LogP contribution in [0, 0.1) is 5.92 Å². The van der Waals surface area contributed by atoms with Gasteiger partial charge in [-0.1, -0.05) is 26.2 Å². The van der Waals surface area contributed by atoms with Gasteiger partial charge in [0.1, 0.15) is 5.82 Å². The molecule has 0 radical (unpaired) electrons. The first-order valence-corrected chi connectivity index (χ1v) is 7.26. The van der Waals surface area contributed by atoms with Crippen LogP contribution in [0.4, 0.5) is 11.5 Å². The molecule has 18 heavy (non-hydrogen) atoms. The summed E-state index contributed by atoms with van der Waals surface area (Å²) in [7, 11) is 0. The van der Waals surface area contributed by atoms with E-state index in [1.807, 2.05) is 6.20 Å². The molecule has 100 valence electrons. The maximum absolute atomic E-state index is 4.31. The average molecular weight is 247 g/mol. The fourth-order valence-corrected chi connectivity index (χ4v) is 2.72. The molecule has 1 heterocycles. The van der Waals surface area contributed by atoms with Gasteiger partial charge in [0.2, 0.25) is 0 Å². The van der Waals surface area contributed by atoms with Crippen molar-refractivity contribution < 1.29 is 0 Å². The van der Waals surface area contributed by atoms with Crippen molar-refractivity contribution in [2.45, 2.75) is 52.0 Å². The van der Waals surface area contributed by atoms with Crippen LogP contribution in [0.5, 0.6) is 0 Å². The maximum atomic E-state index is 4.31. The minimum atomic E-state index is 0.615. The molecule has 1 saturated carbocycles. The number of pyridine rings is 1. The molecule has 2 N–H and O–H groups in total. The first-order valence-electron chi connectivity index (χ1n) is 7.26. The van der Waals surface area contributed by atoms with Gasteiger partial charge in [0, 0.05) is 30.5 Å². The van der Waals surface area contributed by atoms with Gasteiger partial charge < -0.3 is 10.6 Å². The van der Waals surface area contributed by atoms with Gasteiger partial charge >= 0.3 is 0 Å². The zero-order valence-corrected chi connectivity index (χ0v) is 11.6. The number of hydrogen-bond acceptors (Lipinski definition) is 3. The van der Waals surface area contributed by atoms with E-state index < -0.39 is 0 Å². The van der Waals surface area contributed by atoms with Gasteiger partial charge in [-0.05, 0) is 31.7 Å². The van der Waals surface area contributed by atoms with E-state index >= 15 is 0 Å². The fraction of sp³-hybridized carbons (Fsp3) is 0.667. The van der Waals surface area contributed by atoms with E-state index in [4.69, 9.17) is 0 Å². The molecule has 0 bridgehead atoms. The summed E-state index contributed by atoms with van der Waals surface area (Å²) < 4.78 is 0. The average Bonchev–Trinajstić information content (AvgIpc) is 2.56. The molecule has 0 spiro atoms. The predicted molar refractivity (Wildman–Crippen MR) is 78.1 cm³/mol. The summed E-state index contributed by atoms with van der Waals surface area (Å²) in [6.45, 7) is 5.38. The van der Waals surface area contributed by atoms with E-state index in [9.17, 15) is 0 Å². The summed E-state index contributed by atoms with van der Waals surface area (Å²) in [5.41, 5.74) is 1.19. The Hall–Kier alpha value is -1.25. The fourth-order valence-electron chi connectivity index (χ4n) is 2.72. The highest BCUT2D eigenvalue weighted by Crippen LogP contribution is 2.26. The van der Waals surface area contributed by atoms with E-state index in [-0.39, 0.29) is 0 Å². The van der Waals surface area contributed by atoms with Gasteiger partial charge in [-0.25, -0.2) is 4.98 Å². The second-order valence-electron chi connectivity index (χ2n) is 5.33. The Labute approximate surface area is 110 Å². The minimum Gasteiger partial charge on any atom is -0.382 e. The molecule has 2 atom stereocenters. The molecule has 2 unspecified atom stereocenters. The third kappa shape index (κ3) is 3.62. The normalized spacial score (nSPS) is 24.3. The molecule has 0 saturated heterocycles. The molecule has 0 amide bonds. The highest BCUT2D eigenvalue weighted by molar-refractivity contribution is 5.52. The Morgan fingerprint density at radius 3 is 2.94 bits per heavy atom. The minimum absolute atomic E-state index is 0.615. The quantitative estimate of drug-likeness (QED) is 0.792. The van der Waals surface area contributed by atoms with Gasteiger partial charge in [-0.3, -0.25) is 0 Å². The standard InChI is InChI=1S/C15H25N3/c1-3-16-15-11-13(9-10-17-15)18-14-8-6-4-5-7-12(14)2/h9-12,14H,3-8H2,1-2H3,(H2,16,17,18). The van der Waals surface area contributed by atoms with E-state index in [1.165, 1.54) is 37.8 Å². The molecule has 1 aromatic rings. The Bertz CT molecular complexity index is 365. The SMILES string of the molecule is CCNc1cc(NC2CCCCCC2C)ccn1. The lowest BCUT2D eigenvalue weighted by molar-refractivity contribution is 0.456. The van der Waals surface area contributed by atoms with Crippen LogP contribution < -0.4 is 10.6 Å². The third-order valence-corrected chi connectivity index (χ3v) is 3.83. The van der Waals surface area contributed by atoms with Crippen LogP contribution in [0.2, 0.25) is 0 Å². The summed E-state index contributed by atoms with van der Waals surface area (Å²) in [5.74, 6) is 1.73. The zero-order chi connectivity index (χ0) is 12.8. The van der Waals surface area contributed by atoms with Crippen LogP contribution in [0.25, 0.3) is 0 Å². The topological polar surface area (TPSA) is 37.0 Å². The van der Waals surface area contributed by atoms with Crippen LogP contribution in [0.15, 0.2) is 18.3 Å². The van der Waals surface area contributed by atoms with Crippen LogP contribution >= 0.6 is 0 Å². The van der Waals surface area contributed by atoms with E-state index in [0.717, 1.165) is 18.3 Å².